The van der Waals surface area contributed by atoms with Gasteiger partial charge in [0.2, 0.25) is 0 Å². The van der Waals surface area contributed by atoms with Crippen LogP contribution in [-0.4, -0.2) is 26.4 Å². The van der Waals surface area contributed by atoms with E-state index in [-0.39, 0.29) is 12.1 Å². The summed E-state index contributed by atoms with van der Waals surface area (Å²) in [6.45, 7) is 11.9. The van der Waals surface area contributed by atoms with Crippen molar-refractivity contribution in [3.63, 3.8) is 0 Å². The molecule has 0 spiro atoms. The lowest BCUT2D eigenvalue weighted by molar-refractivity contribution is -0.155. The maximum absolute atomic E-state index is 11.8. The Labute approximate surface area is 245 Å². The van der Waals surface area contributed by atoms with E-state index in [4.69, 9.17) is 10.00 Å². The zero-order valence-corrected chi connectivity index (χ0v) is 26.2. The predicted molar refractivity (Wildman–Crippen MR) is 160 cm³/mol. The highest BCUT2D eigenvalue weighted by molar-refractivity contribution is 5.69. The first-order valence-corrected chi connectivity index (χ1v) is 16.1. The number of H-pyrrole nitrogens is 1. The average Bonchev–Trinajstić information content (AvgIpc) is 3.40. The Morgan fingerprint density at radius 1 is 1.10 bits per heavy atom. The van der Waals surface area contributed by atoms with Crippen molar-refractivity contribution in [3.8, 4) is 6.19 Å². The average molecular weight is 569 g/mol. The van der Waals surface area contributed by atoms with Gasteiger partial charge in [0.05, 0.1) is 0 Å². The Kier molecular flexibility index (Phi) is 9.76. The van der Waals surface area contributed by atoms with Crippen molar-refractivity contribution >= 4 is 5.97 Å². The van der Waals surface area contributed by atoms with Gasteiger partial charge >= 0.3 is 17.3 Å². The quantitative estimate of drug-likeness (QED) is 0.241. The van der Waals surface area contributed by atoms with Crippen LogP contribution in [0.1, 0.15) is 112 Å². The maximum Gasteiger partial charge on any atom is 0.360 e. The number of hydrogen-bond acceptors (Lipinski definition) is 5. The SMILES string of the molecule is CCC(=O)OC1CCC2(C)C(C=CC3C2CCC2(C)C(CCCCC(C)C)CCC32)C1.Cn1[nH]c(=O)n(C#N)c1=O. The van der Waals surface area contributed by atoms with Crippen LogP contribution in [0, 0.1) is 57.8 Å². The number of carbonyl (C=O) groups excluding carboxylic acids is 1. The number of allylic oxidation sites excluding steroid dienone is 2. The number of nitrogens with one attached hydrogen (secondary N) is 1. The number of esters is 1. The molecule has 0 bridgehead atoms. The Hall–Kier alpha value is -2.56. The van der Waals surface area contributed by atoms with Crippen LogP contribution in [0.25, 0.3) is 0 Å². The molecule has 1 heterocycles. The number of carbonyl (C=O) groups is 1. The van der Waals surface area contributed by atoms with E-state index in [1.807, 2.05) is 6.92 Å². The number of unbranched alkanes of at least 4 members (excludes halogenated alkanes) is 1. The molecule has 0 saturated heterocycles. The summed E-state index contributed by atoms with van der Waals surface area (Å²) in [4.78, 5) is 33.1. The predicted octanol–water partition coefficient (Wildman–Crippen LogP) is 6.16. The zero-order chi connectivity index (χ0) is 29.9. The Morgan fingerprint density at radius 3 is 2.41 bits per heavy atom. The number of aromatic amines is 1. The first-order valence-electron chi connectivity index (χ1n) is 16.1. The summed E-state index contributed by atoms with van der Waals surface area (Å²) in [7, 11) is 1.36. The van der Waals surface area contributed by atoms with Gasteiger partial charge in [0.15, 0.2) is 6.19 Å². The summed E-state index contributed by atoms with van der Waals surface area (Å²) >= 11 is 0. The number of nitriles is 1. The second kappa shape index (κ2) is 12.8. The van der Waals surface area contributed by atoms with E-state index in [0.29, 0.717) is 27.7 Å². The van der Waals surface area contributed by atoms with E-state index in [2.05, 4.69) is 44.9 Å². The molecule has 8 unspecified atom stereocenters. The Balaban J connectivity index is 0.000000328. The third kappa shape index (κ3) is 6.29. The molecule has 1 aromatic rings. The topological polar surface area (TPSA) is 110 Å². The Bertz CT molecular complexity index is 1250. The largest absolute Gasteiger partial charge is 0.462 e. The van der Waals surface area contributed by atoms with E-state index in [1.54, 1.807) is 0 Å². The van der Waals surface area contributed by atoms with Crippen LogP contribution in [-0.2, 0) is 16.6 Å². The highest BCUT2D eigenvalue weighted by atomic mass is 16.5. The van der Waals surface area contributed by atoms with E-state index in [1.165, 1.54) is 71.0 Å². The number of nitrogens with zero attached hydrogens (tertiary/aromatic N) is 3. The van der Waals surface area contributed by atoms with Crippen molar-refractivity contribution < 1.29 is 9.53 Å². The number of aromatic nitrogens is 3. The molecule has 0 radical (unpaired) electrons. The van der Waals surface area contributed by atoms with Crippen LogP contribution in [0.5, 0.6) is 0 Å². The van der Waals surface area contributed by atoms with Crippen LogP contribution < -0.4 is 11.4 Å². The second-order valence-corrected chi connectivity index (χ2v) is 14.2. The van der Waals surface area contributed by atoms with E-state index in [9.17, 15) is 14.4 Å². The van der Waals surface area contributed by atoms with Gasteiger partial charge in [-0.15, -0.1) is 4.57 Å². The number of fused-ring (bicyclic) bond motifs is 5. The van der Waals surface area contributed by atoms with E-state index in [0.717, 1.165) is 47.1 Å². The monoisotopic (exact) mass is 568 g/mol. The Morgan fingerprint density at radius 2 is 1.80 bits per heavy atom. The number of hydrogen-bond donors (Lipinski definition) is 1. The van der Waals surface area contributed by atoms with E-state index < -0.39 is 11.4 Å². The molecule has 8 atom stereocenters. The molecule has 4 aliphatic carbocycles. The van der Waals surface area contributed by atoms with Crippen molar-refractivity contribution in [3.05, 3.63) is 33.1 Å². The van der Waals surface area contributed by atoms with Gasteiger partial charge in [-0.2, -0.15) is 5.26 Å². The minimum absolute atomic E-state index is 0.0231. The lowest BCUT2D eigenvalue weighted by atomic mass is 9.46. The van der Waals surface area contributed by atoms with E-state index >= 15 is 0 Å². The highest BCUT2D eigenvalue weighted by Gasteiger charge is 2.58. The molecule has 0 aromatic carbocycles. The molecule has 228 valence electrons. The summed E-state index contributed by atoms with van der Waals surface area (Å²) in [5.74, 6) is 4.89. The van der Waals surface area contributed by atoms with Gasteiger partial charge in [0.1, 0.15) is 6.10 Å². The van der Waals surface area contributed by atoms with Gasteiger partial charge in [-0.25, -0.2) is 19.4 Å². The number of ether oxygens (including phenoxy) is 1. The standard InChI is InChI=1S/C29H48O2.C4H4N4O2/c1-6-27(30)31-23-15-17-29(5)22(19-23)11-13-24-25-14-12-21(10-8-7-9-20(2)3)28(25,4)18-16-26(24)29;1-7-4(10)8(2-5)3(9)6-7/h11,13,20-26H,6-10,12,14-19H2,1-5H3;1H3,(H,6,9). The van der Waals surface area contributed by atoms with Crippen molar-refractivity contribution in [1.82, 2.24) is 14.3 Å². The lowest BCUT2D eigenvalue weighted by Gasteiger charge is -2.59. The fraction of sp³-hybridized carbons (Fsp3) is 0.818. The maximum atomic E-state index is 11.8. The molecule has 8 heteroatoms. The summed E-state index contributed by atoms with van der Waals surface area (Å²) in [6.07, 6.45) is 22.1. The molecule has 8 nitrogen and oxygen atoms in total. The van der Waals surface area contributed by atoms with Gasteiger partial charge in [-0.05, 0) is 97.7 Å². The smallest absolute Gasteiger partial charge is 0.360 e. The first kappa shape index (κ1) is 31.4. The molecule has 3 fully saturated rings. The van der Waals surface area contributed by atoms with Gasteiger partial charge in [0.25, 0.3) is 0 Å². The summed E-state index contributed by atoms with van der Waals surface area (Å²) in [5, 5.41) is 10.3. The van der Waals surface area contributed by atoms with Gasteiger partial charge < -0.3 is 4.74 Å². The van der Waals surface area contributed by atoms with Crippen LogP contribution in [0.15, 0.2) is 21.7 Å². The third-order valence-corrected chi connectivity index (χ3v) is 11.5. The molecule has 5 rings (SSSR count). The van der Waals surface area contributed by atoms with Gasteiger partial charge in [0, 0.05) is 13.5 Å². The summed E-state index contributed by atoms with van der Waals surface area (Å²) < 4.78 is 7.13. The van der Waals surface area contributed by atoms with Crippen molar-refractivity contribution in [2.45, 2.75) is 118 Å². The molecular weight excluding hydrogens is 516 g/mol. The molecule has 1 aromatic heterocycles. The number of aryl methyl sites for hydroxylation is 1. The van der Waals surface area contributed by atoms with Crippen LogP contribution in [0.3, 0.4) is 0 Å². The van der Waals surface area contributed by atoms with Crippen molar-refractivity contribution in [2.75, 3.05) is 0 Å². The van der Waals surface area contributed by atoms with Gasteiger partial charge in [-0.1, -0.05) is 66.0 Å². The fourth-order valence-corrected chi connectivity index (χ4v) is 9.05. The minimum atomic E-state index is -0.713. The zero-order valence-electron chi connectivity index (χ0n) is 26.2. The summed E-state index contributed by atoms with van der Waals surface area (Å²) in [6, 6.07) is 0. The lowest BCUT2D eigenvalue weighted by Crippen LogP contribution is -2.52. The van der Waals surface area contributed by atoms with Crippen LogP contribution in [0.2, 0.25) is 0 Å². The normalized spacial score (nSPS) is 35.5. The minimum Gasteiger partial charge on any atom is -0.462 e. The first-order chi connectivity index (χ1) is 19.4. The highest BCUT2D eigenvalue weighted by Crippen LogP contribution is 2.66. The molecule has 41 heavy (non-hydrogen) atoms. The molecule has 3 saturated carbocycles. The van der Waals surface area contributed by atoms with Gasteiger partial charge in [-0.3, -0.25) is 4.79 Å². The molecule has 0 amide bonds. The molecule has 0 aliphatic heterocycles. The van der Waals surface area contributed by atoms with Crippen molar-refractivity contribution in [1.29, 1.82) is 5.26 Å². The van der Waals surface area contributed by atoms with Crippen LogP contribution in [0.4, 0.5) is 0 Å². The molecule has 1 N–H and O–H groups in total. The summed E-state index contributed by atoms with van der Waals surface area (Å²) in [5.41, 5.74) is -0.395. The fourth-order valence-electron chi connectivity index (χ4n) is 9.05. The molecule has 4 aliphatic rings. The van der Waals surface area contributed by atoms with Crippen LogP contribution >= 0.6 is 0 Å². The molecular formula is C33H52N4O4. The second-order valence-electron chi connectivity index (χ2n) is 14.2. The van der Waals surface area contributed by atoms with Crippen molar-refractivity contribution in [2.24, 2.45) is 53.4 Å². The number of rotatable bonds is 7. The third-order valence-electron chi connectivity index (χ3n) is 11.5.